The van der Waals surface area contributed by atoms with E-state index < -0.39 is 10.0 Å². The summed E-state index contributed by atoms with van der Waals surface area (Å²) in [5, 5.41) is 0. The Morgan fingerprint density at radius 3 is 2.38 bits per heavy atom. The molecule has 1 aromatic rings. The molecule has 1 aliphatic rings. The van der Waals surface area contributed by atoms with E-state index in [2.05, 4.69) is 4.90 Å². The molecule has 2 rings (SSSR count). The molecule has 134 valence electrons. The number of carbonyl (C=O) groups is 1. The van der Waals surface area contributed by atoms with Crippen molar-refractivity contribution >= 4 is 21.6 Å². The number of rotatable bonds is 5. The number of amides is 1. The second kappa shape index (κ2) is 7.53. The van der Waals surface area contributed by atoms with Crippen molar-refractivity contribution in [3.8, 4) is 0 Å². The third-order valence-corrected chi connectivity index (χ3v) is 5.60. The molecule has 1 saturated heterocycles. The predicted molar refractivity (Wildman–Crippen MR) is 96.8 cm³/mol. The third kappa shape index (κ3) is 4.70. The van der Waals surface area contributed by atoms with E-state index in [-0.39, 0.29) is 18.9 Å². The highest BCUT2D eigenvalue weighted by molar-refractivity contribution is 7.92. The number of hydrogen-bond acceptors (Lipinski definition) is 4. The molecule has 0 spiro atoms. The highest BCUT2D eigenvalue weighted by Gasteiger charge is 2.23. The molecule has 1 aromatic carbocycles. The summed E-state index contributed by atoms with van der Waals surface area (Å²) in [7, 11) is -1.40. The Balaban J connectivity index is 2.10. The van der Waals surface area contributed by atoms with Crippen molar-refractivity contribution in [2.45, 2.75) is 20.3 Å². The number of nitrogens with zero attached hydrogens (tertiary/aromatic N) is 3. The Bertz CT molecular complexity index is 695. The van der Waals surface area contributed by atoms with Crippen LogP contribution in [0.2, 0.25) is 0 Å². The maximum Gasteiger partial charge on any atom is 0.232 e. The normalized spacial score (nSPS) is 16.2. The summed E-state index contributed by atoms with van der Waals surface area (Å²) in [4.78, 5) is 16.4. The first-order valence-corrected chi connectivity index (χ1v) is 10.0. The van der Waals surface area contributed by atoms with Gasteiger partial charge in [0.05, 0.1) is 11.9 Å². The Hall–Kier alpha value is -1.60. The van der Waals surface area contributed by atoms with Crippen molar-refractivity contribution in [2.24, 2.45) is 0 Å². The minimum Gasteiger partial charge on any atom is -0.340 e. The zero-order chi connectivity index (χ0) is 17.9. The number of carbonyl (C=O) groups excluding carboxylic acids is 1. The fourth-order valence-corrected chi connectivity index (χ4v) is 3.84. The van der Waals surface area contributed by atoms with Gasteiger partial charge in [0.15, 0.2) is 0 Å². The predicted octanol–water partition coefficient (Wildman–Crippen LogP) is 1.23. The van der Waals surface area contributed by atoms with Crippen LogP contribution in [0.5, 0.6) is 0 Å². The van der Waals surface area contributed by atoms with Crippen molar-refractivity contribution in [1.29, 1.82) is 0 Å². The molecule has 0 unspecified atom stereocenters. The molecular weight excluding hydrogens is 326 g/mol. The molecule has 1 heterocycles. The summed E-state index contributed by atoms with van der Waals surface area (Å²) in [6.07, 6.45) is 1.39. The fourth-order valence-electron chi connectivity index (χ4n) is 2.86. The van der Waals surface area contributed by atoms with E-state index in [1.807, 2.05) is 44.0 Å². The minimum atomic E-state index is -3.44. The molecule has 1 fully saturated rings. The molecule has 24 heavy (non-hydrogen) atoms. The van der Waals surface area contributed by atoms with Crippen molar-refractivity contribution in [3.05, 3.63) is 29.3 Å². The lowest BCUT2D eigenvalue weighted by Gasteiger charge is -2.33. The number of benzene rings is 1. The summed E-state index contributed by atoms with van der Waals surface area (Å²) >= 11 is 0. The minimum absolute atomic E-state index is 0.0158. The van der Waals surface area contributed by atoms with Gasteiger partial charge in [-0.1, -0.05) is 12.1 Å². The van der Waals surface area contributed by atoms with Gasteiger partial charge in [-0.3, -0.25) is 9.10 Å². The van der Waals surface area contributed by atoms with Gasteiger partial charge in [-0.25, -0.2) is 8.42 Å². The van der Waals surface area contributed by atoms with E-state index in [1.54, 1.807) is 0 Å². The Kier molecular flexibility index (Phi) is 5.87. The van der Waals surface area contributed by atoms with Gasteiger partial charge in [-0.2, -0.15) is 0 Å². The summed E-state index contributed by atoms with van der Waals surface area (Å²) in [5.74, 6) is 0.0158. The van der Waals surface area contributed by atoms with E-state index >= 15 is 0 Å². The smallest absolute Gasteiger partial charge is 0.232 e. The summed E-state index contributed by atoms with van der Waals surface area (Å²) in [5.41, 5.74) is 2.54. The lowest BCUT2D eigenvalue weighted by Crippen LogP contribution is -2.48. The van der Waals surface area contributed by atoms with Gasteiger partial charge in [0.1, 0.15) is 0 Å². The number of sulfonamides is 1. The van der Waals surface area contributed by atoms with Gasteiger partial charge in [0.25, 0.3) is 0 Å². The molecule has 0 N–H and O–H groups in total. The molecule has 1 aliphatic heterocycles. The van der Waals surface area contributed by atoms with Gasteiger partial charge in [-0.15, -0.1) is 0 Å². The van der Waals surface area contributed by atoms with Crippen molar-refractivity contribution < 1.29 is 13.2 Å². The number of likely N-dealkylation sites (N-methyl/N-ethyl adjacent to an activating group) is 1. The van der Waals surface area contributed by atoms with Gasteiger partial charge in [0.2, 0.25) is 15.9 Å². The summed E-state index contributed by atoms with van der Waals surface area (Å²) < 4.78 is 25.8. The average molecular weight is 353 g/mol. The molecule has 6 nitrogen and oxygen atoms in total. The van der Waals surface area contributed by atoms with Crippen LogP contribution in [0.3, 0.4) is 0 Å². The molecule has 0 bridgehead atoms. The summed E-state index contributed by atoms with van der Waals surface area (Å²) in [6.45, 7) is 7.12. The van der Waals surface area contributed by atoms with E-state index in [9.17, 15) is 13.2 Å². The maximum absolute atomic E-state index is 12.4. The number of hydrogen-bond donors (Lipinski definition) is 0. The first kappa shape index (κ1) is 18.7. The Morgan fingerprint density at radius 2 is 1.79 bits per heavy atom. The number of anilines is 1. The van der Waals surface area contributed by atoms with E-state index in [0.29, 0.717) is 18.8 Å². The summed E-state index contributed by atoms with van der Waals surface area (Å²) in [6, 6.07) is 5.72. The lowest BCUT2D eigenvalue weighted by molar-refractivity contribution is -0.132. The molecular formula is C17H27N3O3S. The standard InChI is InChI=1S/C17H27N3O3S/c1-14-5-6-15(2)16(13-14)20(24(4,22)23)8-7-17(21)19-11-9-18(3)10-12-19/h5-6,13H,7-12H2,1-4H3. The Labute approximate surface area is 145 Å². The third-order valence-electron chi connectivity index (χ3n) is 4.42. The van der Waals surface area contributed by atoms with E-state index in [0.717, 1.165) is 24.2 Å². The van der Waals surface area contributed by atoms with Crippen LogP contribution in [-0.4, -0.2) is 70.2 Å². The van der Waals surface area contributed by atoms with Crippen molar-refractivity contribution in [3.63, 3.8) is 0 Å². The molecule has 0 saturated carbocycles. The van der Waals surface area contributed by atoms with Crippen LogP contribution in [-0.2, 0) is 14.8 Å². The second-order valence-corrected chi connectivity index (χ2v) is 8.47. The van der Waals surface area contributed by atoms with Crippen LogP contribution in [0, 0.1) is 13.8 Å². The van der Waals surface area contributed by atoms with Crippen molar-refractivity contribution in [2.75, 3.05) is 50.3 Å². The monoisotopic (exact) mass is 353 g/mol. The zero-order valence-electron chi connectivity index (χ0n) is 14.9. The average Bonchev–Trinajstić information content (AvgIpc) is 2.50. The SMILES string of the molecule is Cc1ccc(C)c(N(CCC(=O)N2CCN(C)CC2)S(C)(=O)=O)c1. The van der Waals surface area contributed by atoms with Gasteiger partial charge < -0.3 is 9.80 Å². The highest BCUT2D eigenvalue weighted by atomic mass is 32.2. The topological polar surface area (TPSA) is 60.9 Å². The molecule has 0 aromatic heterocycles. The molecule has 1 amide bonds. The molecule has 0 aliphatic carbocycles. The van der Waals surface area contributed by atoms with Gasteiger partial charge >= 0.3 is 0 Å². The number of aryl methyl sites for hydroxylation is 2. The molecule has 7 heteroatoms. The van der Waals surface area contributed by atoms with Crippen LogP contribution in [0.1, 0.15) is 17.5 Å². The largest absolute Gasteiger partial charge is 0.340 e. The van der Waals surface area contributed by atoms with Crippen LogP contribution in [0.15, 0.2) is 18.2 Å². The molecule has 0 radical (unpaired) electrons. The van der Waals surface area contributed by atoms with E-state index in [4.69, 9.17) is 0 Å². The fraction of sp³-hybridized carbons (Fsp3) is 0.588. The Morgan fingerprint density at radius 1 is 1.17 bits per heavy atom. The van der Waals surface area contributed by atoms with Crippen molar-refractivity contribution in [1.82, 2.24) is 9.80 Å². The van der Waals surface area contributed by atoms with Gasteiger partial charge in [-0.05, 0) is 38.1 Å². The first-order chi connectivity index (χ1) is 11.2. The van der Waals surface area contributed by atoms with Crippen LogP contribution in [0.25, 0.3) is 0 Å². The quantitative estimate of drug-likeness (QED) is 0.799. The van der Waals surface area contributed by atoms with Crippen LogP contribution in [0.4, 0.5) is 5.69 Å². The highest BCUT2D eigenvalue weighted by Crippen LogP contribution is 2.24. The number of piperazine rings is 1. The zero-order valence-corrected chi connectivity index (χ0v) is 15.8. The van der Waals surface area contributed by atoms with Gasteiger partial charge in [0, 0.05) is 39.1 Å². The molecule has 0 atom stereocenters. The van der Waals surface area contributed by atoms with E-state index in [1.165, 1.54) is 10.6 Å². The van der Waals surface area contributed by atoms with Crippen LogP contribution >= 0.6 is 0 Å². The van der Waals surface area contributed by atoms with Crippen LogP contribution < -0.4 is 4.31 Å². The first-order valence-electron chi connectivity index (χ1n) is 8.20. The maximum atomic E-state index is 12.4. The second-order valence-electron chi connectivity index (χ2n) is 6.56. The lowest BCUT2D eigenvalue weighted by atomic mass is 10.1.